The predicted octanol–water partition coefficient (Wildman–Crippen LogP) is 4.80. The van der Waals surface area contributed by atoms with Crippen molar-refractivity contribution in [1.82, 2.24) is 13.9 Å². The van der Waals surface area contributed by atoms with Crippen LogP contribution in [-0.2, 0) is 14.8 Å². The lowest BCUT2D eigenvalue weighted by Crippen LogP contribution is -2.30. The van der Waals surface area contributed by atoms with Gasteiger partial charge < -0.3 is 14.8 Å². The maximum absolute atomic E-state index is 13.1. The number of rotatable bonds is 11. The predicted molar refractivity (Wildman–Crippen MR) is 150 cm³/mol. The number of carbonyl (C=O) groups is 1. The van der Waals surface area contributed by atoms with Crippen LogP contribution >= 0.6 is 11.8 Å². The van der Waals surface area contributed by atoms with Crippen LogP contribution in [0.2, 0.25) is 0 Å². The van der Waals surface area contributed by atoms with E-state index in [1.807, 2.05) is 41.0 Å². The number of methoxy groups -OCH3 is 2. The molecule has 3 aromatic carbocycles. The Morgan fingerprint density at radius 3 is 2.32 bits per heavy atom. The number of para-hydroxylation sites is 4. The third kappa shape index (κ3) is 5.50. The molecule has 38 heavy (non-hydrogen) atoms. The summed E-state index contributed by atoms with van der Waals surface area (Å²) >= 11 is 1.24. The van der Waals surface area contributed by atoms with E-state index in [1.165, 1.54) is 16.1 Å². The van der Waals surface area contributed by atoms with Gasteiger partial charge in [-0.2, -0.15) is 4.31 Å². The number of fused-ring (bicyclic) bond motifs is 1. The van der Waals surface area contributed by atoms with Crippen LogP contribution in [0, 0.1) is 0 Å². The summed E-state index contributed by atoms with van der Waals surface area (Å²) in [5, 5.41) is 3.40. The summed E-state index contributed by atoms with van der Waals surface area (Å²) in [5.74, 6) is 1.02. The fraction of sp³-hybridized carbons (Fsp3) is 0.259. The fourth-order valence-corrected chi connectivity index (χ4v) is 6.42. The molecule has 0 bridgehead atoms. The molecular formula is C27H30N4O5S2. The van der Waals surface area contributed by atoms with Gasteiger partial charge in [0, 0.05) is 13.1 Å². The second-order valence-electron chi connectivity index (χ2n) is 8.18. The van der Waals surface area contributed by atoms with Gasteiger partial charge in [-0.25, -0.2) is 13.4 Å². The molecular weight excluding hydrogens is 524 g/mol. The van der Waals surface area contributed by atoms with E-state index in [9.17, 15) is 13.2 Å². The van der Waals surface area contributed by atoms with Crippen molar-refractivity contribution in [3.63, 3.8) is 0 Å². The Kier molecular flexibility index (Phi) is 8.60. The number of hydrogen-bond acceptors (Lipinski definition) is 7. The molecule has 9 nitrogen and oxygen atoms in total. The van der Waals surface area contributed by atoms with Crippen molar-refractivity contribution in [2.45, 2.75) is 23.9 Å². The minimum absolute atomic E-state index is 0.0706. The lowest BCUT2D eigenvalue weighted by atomic mass is 10.2. The quantitative estimate of drug-likeness (QED) is 0.266. The van der Waals surface area contributed by atoms with Crippen LogP contribution in [0.15, 0.2) is 76.8 Å². The van der Waals surface area contributed by atoms with Crippen LogP contribution in [0.3, 0.4) is 0 Å². The highest BCUT2D eigenvalue weighted by molar-refractivity contribution is 7.99. The highest BCUT2D eigenvalue weighted by Crippen LogP contribution is 2.34. The van der Waals surface area contributed by atoms with E-state index in [2.05, 4.69) is 5.32 Å². The van der Waals surface area contributed by atoms with E-state index >= 15 is 0 Å². The number of nitrogens with one attached hydrogen (secondary N) is 1. The SMILES string of the molecule is CCN(CC)S(=O)(=O)c1ccc2c(c1)nc(SCC(=O)Nc1ccccc1OC)n2-c1ccccc1OC. The summed E-state index contributed by atoms with van der Waals surface area (Å²) in [5.41, 5.74) is 2.49. The normalized spacial score (nSPS) is 11.6. The topological polar surface area (TPSA) is 103 Å². The van der Waals surface area contributed by atoms with E-state index in [1.54, 1.807) is 58.4 Å². The molecule has 1 aromatic heterocycles. The largest absolute Gasteiger partial charge is 0.495 e. The Bertz CT molecular complexity index is 1550. The molecule has 11 heteroatoms. The summed E-state index contributed by atoms with van der Waals surface area (Å²) in [7, 11) is -0.535. The smallest absolute Gasteiger partial charge is 0.243 e. The summed E-state index contributed by atoms with van der Waals surface area (Å²) in [6, 6.07) is 19.6. The van der Waals surface area contributed by atoms with Crippen LogP contribution in [0.5, 0.6) is 11.5 Å². The lowest BCUT2D eigenvalue weighted by molar-refractivity contribution is -0.113. The van der Waals surface area contributed by atoms with Crippen molar-refractivity contribution in [3.8, 4) is 17.2 Å². The van der Waals surface area contributed by atoms with Crippen LogP contribution in [-0.4, -0.2) is 61.2 Å². The van der Waals surface area contributed by atoms with Gasteiger partial charge in [0.25, 0.3) is 0 Å². The molecule has 1 heterocycles. The zero-order valence-electron chi connectivity index (χ0n) is 21.7. The second-order valence-corrected chi connectivity index (χ2v) is 11.1. The zero-order valence-corrected chi connectivity index (χ0v) is 23.3. The number of ether oxygens (including phenoxy) is 2. The van der Waals surface area contributed by atoms with Gasteiger partial charge in [0.1, 0.15) is 11.5 Å². The van der Waals surface area contributed by atoms with Crippen molar-refractivity contribution in [3.05, 3.63) is 66.7 Å². The number of nitrogens with zero attached hydrogens (tertiary/aromatic N) is 3. The molecule has 0 atom stereocenters. The van der Waals surface area contributed by atoms with Gasteiger partial charge in [-0.05, 0) is 42.5 Å². The molecule has 0 saturated carbocycles. The van der Waals surface area contributed by atoms with Crippen LogP contribution in [0.1, 0.15) is 13.8 Å². The van der Waals surface area contributed by atoms with Gasteiger partial charge >= 0.3 is 0 Å². The number of aromatic nitrogens is 2. The molecule has 0 spiro atoms. The summed E-state index contributed by atoms with van der Waals surface area (Å²) < 4.78 is 40.5. The maximum Gasteiger partial charge on any atom is 0.243 e. The first-order chi connectivity index (χ1) is 18.3. The summed E-state index contributed by atoms with van der Waals surface area (Å²) in [6.07, 6.45) is 0. The minimum atomic E-state index is -3.66. The second kappa shape index (κ2) is 11.9. The van der Waals surface area contributed by atoms with Crippen molar-refractivity contribution < 1.29 is 22.7 Å². The van der Waals surface area contributed by atoms with Gasteiger partial charge in [-0.1, -0.05) is 49.9 Å². The maximum atomic E-state index is 13.1. The molecule has 0 fully saturated rings. The lowest BCUT2D eigenvalue weighted by Gasteiger charge is -2.18. The van der Waals surface area contributed by atoms with Crippen LogP contribution in [0.25, 0.3) is 16.7 Å². The summed E-state index contributed by atoms with van der Waals surface area (Å²) in [6.45, 7) is 4.35. The average molecular weight is 555 g/mol. The molecule has 0 aliphatic carbocycles. The van der Waals surface area contributed by atoms with Crippen LogP contribution in [0.4, 0.5) is 5.69 Å². The molecule has 0 unspecified atom stereocenters. The van der Waals surface area contributed by atoms with E-state index in [-0.39, 0.29) is 16.6 Å². The van der Waals surface area contributed by atoms with Crippen molar-refractivity contribution in [2.75, 3.05) is 38.4 Å². The van der Waals surface area contributed by atoms with E-state index < -0.39 is 10.0 Å². The van der Waals surface area contributed by atoms with E-state index in [0.717, 1.165) is 5.69 Å². The van der Waals surface area contributed by atoms with Crippen LogP contribution < -0.4 is 14.8 Å². The monoisotopic (exact) mass is 554 g/mol. The van der Waals surface area contributed by atoms with Crippen molar-refractivity contribution >= 4 is 44.4 Å². The third-order valence-electron chi connectivity index (χ3n) is 5.98. The zero-order chi connectivity index (χ0) is 27.3. The van der Waals surface area contributed by atoms with Gasteiger partial charge in [0.05, 0.1) is 47.3 Å². The number of sulfonamides is 1. The number of imidazole rings is 1. The number of anilines is 1. The van der Waals surface area contributed by atoms with Gasteiger partial charge in [0.2, 0.25) is 15.9 Å². The molecule has 1 N–H and O–H groups in total. The highest BCUT2D eigenvalue weighted by Gasteiger charge is 2.24. The molecule has 0 aliphatic heterocycles. The number of benzene rings is 3. The molecule has 1 amide bonds. The minimum Gasteiger partial charge on any atom is -0.495 e. The fourth-order valence-electron chi connectivity index (χ4n) is 4.12. The number of carbonyl (C=O) groups excluding carboxylic acids is 1. The first-order valence-electron chi connectivity index (χ1n) is 12.1. The number of hydrogen-bond donors (Lipinski definition) is 1. The Labute approximate surface area is 226 Å². The molecule has 200 valence electrons. The summed E-state index contributed by atoms with van der Waals surface area (Å²) in [4.78, 5) is 17.7. The first-order valence-corrected chi connectivity index (χ1v) is 14.5. The number of amides is 1. The Hall–Kier alpha value is -3.54. The standard InChI is InChI=1S/C27H30N4O5S2/c1-5-30(6-2)38(33,34)19-15-16-22-21(17-19)29-27(31(22)23-12-8-10-14-25(23)36-4)37-18-26(32)28-20-11-7-9-13-24(20)35-3/h7-17H,5-6,18H2,1-4H3,(H,28,32). The third-order valence-corrected chi connectivity index (χ3v) is 8.96. The van der Waals surface area contributed by atoms with Gasteiger partial charge in [-0.15, -0.1) is 0 Å². The molecule has 4 aromatic rings. The van der Waals surface area contributed by atoms with Gasteiger partial charge in [-0.3, -0.25) is 9.36 Å². The first kappa shape index (κ1) is 27.5. The Balaban J connectivity index is 1.73. The molecule has 0 saturated heterocycles. The van der Waals surface area contributed by atoms with Crippen molar-refractivity contribution in [2.24, 2.45) is 0 Å². The Morgan fingerprint density at radius 1 is 0.974 bits per heavy atom. The van der Waals surface area contributed by atoms with Gasteiger partial charge in [0.15, 0.2) is 5.16 Å². The number of thioether (sulfide) groups is 1. The molecule has 0 radical (unpaired) electrons. The average Bonchev–Trinajstić information content (AvgIpc) is 3.30. The van der Waals surface area contributed by atoms with Crippen molar-refractivity contribution in [1.29, 1.82) is 0 Å². The molecule has 0 aliphatic rings. The molecule has 4 rings (SSSR count). The Morgan fingerprint density at radius 2 is 1.63 bits per heavy atom. The van der Waals surface area contributed by atoms with E-state index in [4.69, 9.17) is 14.5 Å². The highest BCUT2D eigenvalue weighted by atomic mass is 32.2. The van der Waals surface area contributed by atoms with E-state index in [0.29, 0.717) is 46.5 Å².